The van der Waals surface area contributed by atoms with E-state index in [4.69, 9.17) is 15.0 Å². The summed E-state index contributed by atoms with van der Waals surface area (Å²) in [5.41, 5.74) is 7.37. The molecule has 2 aromatic rings. The van der Waals surface area contributed by atoms with Crippen molar-refractivity contribution in [2.75, 3.05) is 0 Å². The lowest BCUT2D eigenvalue weighted by atomic mass is 10.1. The van der Waals surface area contributed by atoms with Crippen LogP contribution in [0.2, 0.25) is 0 Å². The SMILES string of the molecule is Cc1cccc(OC(C)C)c1-c1noc(CN)n1. The van der Waals surface area contributed by atoms with Gasteiger partial charge in [0.1, 0.15) is 5.75 Å². The van der Waals surface area contributed by atoms with Crippen LogP contribution in [0.25, 0.3) is 11.4 Å². The van der Waals surface area contributed by atoms with Crippen molar-refractivity contribution < 1.29 is 9.26 Å². The normalized spacial score (nSPS) is 10.9. The molecule has 0 spiro atoms. The van der Waals surface area contributed by atoms with Gasteiger partial charge in [-0.2, -0.15) is 4.98 Å². The molecule has 0 saturated carbocycles. The summed E-state index contributed by atoms with van der Waals surface area (Å²) in [6, 6.07) is 5.84. The largest absolute Gasteiger partial charge is 0.490 e. The standard InChI is InChI=1S/C13H17N3O2/c1-8(2)17-10-6-4-5-9(3)12(10)13-15-11(7-14)18-16-13/h4-6,8H,7,14H2,1-3H3. The Morgan fingerprint density at radius 3 is 2.78 bits per heavy atom. The third kappa shape index (κ3) is 2.51. The van der Waals surface area contributed by atoms with Crippen LogP contribution in [0.15, 0.2) is 22.7 Å². The monoisotopic (exact) mass is 247 g/mol. The molecular weight excluding hydrogens is 230 g/mol. The Morgan fingerprint density at radius 2 is 2.17 bits per heavy atom. The van der Waals surface area contributed by atoms with E-state index in [0.717, 1.165) is 16.9 Å². The maximum absolute atomic E-state index is 5.77. The second-order valence-electron chi connectivity index (χ2n) is 4.33. The summed E-state index contributed by atoms with van der Waals surface area (Å²) in [7, 11) is 0. The molecule has 0 radical (unpaired) electrons. The Morgan fingerprint density at radius 1 is 1.39 bits per heavy atom. The van der Waals surface area contributed by atoms with E-state index in [9.17, 15) is 0 Å². The Kier molecular flexibility index (Phi) is 3.62. The van der Waals surface area contributed by atoms with Crippen LogP contribution < -0.4 is 10.5 Å². The topological polar surface area (TPSA) is 74.2 Å². The fourth-order valence-corrected chi connectivity index (χ4v) is 1.72. The number of rotatable bonds is 4. The van der Waals surface area contributed by atoms with Crippen LogP contribution in [0.1, 0.15) is 25.3 Å². The van der Waals surface area contributed by atoms with Gasteiger partial charge in [-0.3, -0.25) is 0 Å². The van der Waals surface area contributed by atoms with Gasteiger partial charge in [0.05, 0.1) is 18.2 Å². The average Bonchev–Trinajstić information content (AvgIpc) is 2.76. The first kappa shape index (κ1) is 12.6. The number of nitrogens with zero attached hydrogens (tertiary/aromatic N) is 2. The van der Waals surface area contributed by atoms with Gasteiger partial charge in [0, 0.05) is 0 Å². The zero-order valence-corrected chi connectivity index (χ0v) is 10.8. The Balaban J connectivity index is 2.47. The highest BCUT2D eigenvalue weighted by Crippen LogP contribution is 2.31. The second-order valence-corrected chi connectivity index (χ2v) is 4.33. The van der Waals surface area contributed by atoms with Crippen molar-refractivity contribution in [2.45, 2.75) is 33.4 Å². The van der Waals surface area contributed by atoms with Crippen molar-refractivity contribution in [3.8, 4) is 17.1 Å². The van der Waals surface area contributed by atoms with Crippen molar-refractivity contribution in [3.63, 3.8) is 0 Å². The summed E-state index contributed by atoms with van der Waals surface area (Å²) >= 11 is 0. The van der Waals surface area contributed by atoms with E-state index in [0.29, 0.717) is 11.7 Å². The fourth-order valence-electron chi connectivity index (χ4n) is 1.72. The minimum absolute atomic E-state index is 0.0893. The molecule has 2 N–H and O–H groups in total. The molecule has 0 aliphatic heterocycles. The molecule has 0 amide bonds. The van der Waals surface area contributed by atoms with Gasteiger partial charge in [0.25, 0.3) is 0 Å². The number of hydrogen-bond acceptors (Lipinski definition) is 5. The minimum atomic E-state index is 0.0893. The van der Waals surface area contributed by atoms with Gasteiger partial charge in [0.15, 0.2) is 0 Å². The Labute approximate surface area is 106 Å². The third-order valence-electron chi connectivity index (χ3n) is 2.46. The number of benzene rings is 1. The van der Waals surface area contributed by atoms with Crippen LogP contribution >= 0.6 is 0 Å². The first-order valence-corrected chi connectivity index (χ1v) is 5.91. The molecule has 1 aromatic heterocycles. The predicted octanol–water partition coefficient (Wildman–Crippen LogP) is 2.29. The molecule has 0 unspecified atom stereocenters. The molecule has 0 aliphatic carbocycles. The molecule has 1 aromatic carbocycles. The maximum atomic E-state index is 5.77. The van der Waals surface area contributed by atoms with E-state index in [1.54, 1.807) is 0 Å². The van der Waals surface area contributed by atoms with E-state index in [-0.39, 0.29) is 12.6 Å². The van der Waals surface area contributed by atoms with Crippen molar-refractivity contribution in [1.82, 2.24) is 10.1 Å². The highest BCUT2D eigenvalue weighted by atomic mass is 16.5. The van der Waals surface area contributed by atoms with Crippen LogP contribution in [0.3, 0.4) is 0 Å². The van der Waals surface area contributed by atoms with Crippen LogP contribution in [0, 0.1) is 6.92 Å². The molecule has 5 nitrogen and oxygen atoms in total. The van der Waals surface area contributed by atoms with Gasteiger partial charge in [-0.1, -0.05) is 17.3 Å². The van der Waals surface area contributed by atoms with Crippen molar-refractivity contribution >= 4 is 0 Å². The third-order valence-corrected chi connectivity index (χ3v) is 2.46. The van der Waals surface area contributed by atoms with Gasteiger partial charge < -0.3 is 15.0 Å². The van der Waals surface area contributed by atoms with E-state index in [1.807, 2.05) is 39.0 Å². The number of ether oxygens (including phenoxy) is 1. The average molecular weight is 247 g/mol. The molecule has 5 heteroatoms. The molecular formula is C13H17N3O2. The first-order valence-electron chi connectivity index (χ1n) is 5.91. The highest BCUT2D eigenvalue weighted by Gasteiger charge is 2.16. The van der Waals surface area contributed by atoms with Crippen molar-refractivity contribution in [2.24, 2.45) is 5.73 Å². The molecule has 0 fully saturated rings. The van der Waals surface area contributed by atoms with E-state index in [1.165, 1.54) is 0 Å². The number of hydrogen-bond donors (Lipinski definition) is 1. The zero-order chi connectivity index (χ0) is 13.1. The second kappa shape index (κ2) is 5.18. The lowest BCUT2D eigenvalue weighted by Gasteiger charge is -2.13. The van der Waals surface area contributed by atoms with Gasteiger partial charge in [-0.15, -0.1) is 0 Å². The number of aromatic nitrogens is 2. The lowest BCUT2D eigenvalue weighted by molar-refractivity contribution is 0.243. The molecule has 0 aliphatic rings. The summed E-state index contributed by atoms with van der Waals surface area (Å²) < 4.78 is 10.8. The van der Waals surface area contributed by atoms with Gasteiger partial charge in [0.2, 0.25) is 11.7 Å². The number of nitrogens with two attached hydrogens (primary N) is 1. The Hall–Kier alpha value is -1.88. The quantitative estimate of drug-likeness (QED) is 0.897. The van der Waals surface area contributed by atoms with E-state index >= 15 is 0 Å². The Bertz CT molecular complexity index is 535. The van der Waals surface area contributed by atoms with E-state index < -0.39 is 0 Å². The van der Waals surface area contributed by atoms with E-state index in [2.05, 4.69) is 10.1 Å². The van der Waals surface area contributed by atoms with Crippen molar-refractivity contribution in [1.29, 1.82) is 0 Å². The minimum Gasteiger partial charge on any atom is -0.490 e. The molecule has 0 atom stereocenters. The summed E-state index contributed by atoms with van der Waals surface area (Å²) in [5.74, 6) is 1.70. The molecule has 0 bridgehead atoms. The summed E-state index contributed by atoms with van der Waals surface area (Å²) in [6.45, 7) is 6.18. The molecule has 2 rings (SSSR count). The van der Waals surface area contributed by atoms with Gasteiger partial charge >= 0.3 is 0 Å². The van der Waals surface area contributed by atoms with Crippen molar-refractivity contribution in [3.05, 3.63) is 29.7 Å². The van der Waals surface area contributed by atoms with Crippen LogP contribution in [-0.2, 0) is 6.54 Å². The molecule has 1 heterocycles. The summed E-state index contributed by atoms with van der Waals surface area (Å²) in [4.78, 5) is 4.24. The van der Waals surface area contributed by atoms with Gasteiger partial charge in [-0.05, 0) is 32.4 Å². The first-order chi connectivity index (χ1) is 8.61. The molecule has 0 saturated heterocycles. The maximum Gasteiger partial charge on any atom is 0.240 e. The number of aryl methyl sites for hydroxylation is 1. The van der Waals surface area contributed by atoms with Crippen LogP contribution in [-0.4, -0.2) is 16.2 Å². The lowest BCUT2D eigenvalue weighted by Crippen LogP contribution is -2.07. The summed E-state index contributed by atoms with van der Waals surface area (Å²) in [6.07, 6.45) is 0.0893. The highest BCUT2D eigenvalue weighted by molar-refractivity contribution is 5.67. The van der Waals surface area contributed by atoms with Gasteiger partial charge in [-0.25, -0.2) is 0 Å². The molecule has 18 heavy (non-hydrogen) atoms. The smallest absolute Gasteiger partial charge is 0.240 e. The zero-order valence-electron chi connectivity index (χ0n) is 10.8. The van der Waals surface area contributed by atoms with Crippen LogP contribution in [0.5, 0.6) is 5.75 Å². The van der Waals surface area contributed by atoms with Crippen LogP contribution in [0.4, 0.5) is 0 Å². The summed E-state index contributed by atoms with van der Waals surface area (Å²) in [5, 5.41) is 3.94. The fraction of sp³-hybridized carbons (Fsp3) is 0.385. The predicted molar refractivity (Wildman–Crippen MR) is 68.1 cm³/mol. The molecule has 96 valence electrons.